The lowest BCUT2D eigenvalue weighted by atomic mass is 9.98. The van der Waals surface area contributed by atoms with Crippen LogP contribution in [0.1, 0.15) is 35.0 Å². The molecule has 1 aliphatic heterocycles. The number of aromatic nitrogens is 4. The fourth-order valence-electron chi connectivity index (χ4n) is 2.92. The van der Waals surface area contributed by atoms with Crippen molar-refractivity contribution in [3.8, 4) is 11.5 Å². The van der Waals surface area contributed by atoms with Gasteiger partial charge in [0, 0.05) is 48.9 Å². The number of hydrogen-bond acceptors (Lipinski definition) is 7. The van der Waals surface area contributed by atoms with Gasteiger partial charge in [-0.15, -0.1) is 0 Å². The number of Topliss-reactive ketones (excluding diaryl/α,β-unsaturated/α-hetero) is 1. The van der Waals surface area contributed by atoms with E-state index in [2.05, 4.69) is 20.1 Å². The number of rotatable bonds is 6. The van der Waals surface area contributed by atoms with Crippen molar-refractivity contribution >= 4 is 23.3 Å². The summed E-state index contributed by atoms with van der Waals surface area (Å²) in [6.45, 7) is 0.992. The molecule has 1 fully saturated rings. The van der Waals surface area contributed by atoms with E-state index in [1.54, 1.807) is 47.8 Å². The summed E-state index contributed by atoms with van der Waals surface area (Å²) < 4.78 is 5.28. The van der Waals surface area contributed by atoms with Crippen LogP contribution in [0.15, 0.2) is 47.4 Å². The second kappa shape index (κ2) is 7.85. The summed E-state index contributed by atoms with van der Waals surface area (Å²) in [5, 5.41) is 4.48. The number of carbonyl (C=O) groups excluding carboxylic acids is 2. The molecular formula is C19H16ClN5O3. The molecule has 9 heteroatoms. The zero-order valence-electron chi connectivity index (χ0n) is 14.8. The maximum Gasteiger partial charge on any atom is 0.233 e. The Morgan fingerprint density at radius 3 is 2.64 bits per heavy atom. The van der Waals surface area contributed by atoms with E-state index >= 15 is 0 Å². The molecule has 3 aromatic rings. The van der Waals surface area contributed by atoms with Crippen LogP contribution in [0.3, 0.4) is 0 Å². The SMILES string of the molecule is O=C(CCC(=O)N1CC(c2nc(-c3cnccn3)no2)C1)c1ccc(Cl)cc1. The predicted octanol–water partition coefficient (Wildman–Crippen LogP) is 2.77. The molecule has 0 spiro atoms. The van der Waals surface area contributed by atoms with Crippen LogP contribution in [-0.2, 0) is 4.79 Å². The Morgan fingerprint density at radius 1 is 1.14 bits per heavy atom. The van der Waals surface area contributed by atoms with Gasteiger partial charge in [0.2, 0.25) is 17.6 Å². The van der Waals surface area contributed by atoms with Crippen LogP contribution in [0.4, 0.5) is 0 Å². The molecule has 2 aromatic heterocycles. The second-order valence-corrected chi connectivity index (χ2v) is 6.91. The van der Waals surface area contributed by atoms with E-state index in [-0.39, 0.29) is 30.4 Å². The first kappa shape index (κ1) is 18.2. The number of hydrogen-bond donors (Lipinski definition) is 0. The Bertz CT molecular complexity index is 984. The monoisotopic (exact) mass is 397 g/mol. The molecule has 4 rings (SSSR count). The van der Waals surface area contributed by atoms with Gasteiger partial charge in [-0.1, -0.05) is 16.8 Å². The lowest BCUT2D eigenvalue weighted by Crippen LogP contribution is -2.48. The molecule has 1 amide bonds. The normalized spacial score (nSPS) is 14.0. The largest absolute Gasteiger partial charge is 0.341 e. The minimum Gasteiger partial charge on any atom is -0.341 e. The molecule has 0 unspecified atom stereocenters. The number of ketones is 1. The number of amides is 1. The maximum atomic E-state index is 12.3. The molecule has 1 aromatic carbocycles. The van der Waals surface area contributed by atoms with Gasteiger partial charge in [-0.2, -0.15) is 4.98 Å². The second-order valence-electron chi connectivity index (χ2n) is 6.47. The average Bonchev–Trinajstić information content (AvgIpc) is 3.16. The summed E-state index contributed by atoms with van der Waals surface area (Å²) in [5.41, 5.74) is 1.09. The zero-order valence-corrected chi connectivity index (χ0v) is 15.5. The molecule has 0 bridgehead atoms. The third kappa shape index (κ3) is 3.91. The van der Waals surface area contributed by atoms with E-state index in [4.69, 9.17) is 16.1 Å². The van der Waals surface area contributed by atoms with Crippen molar-refractivity contribution in [1.82, 2.24) is 25.0 Å². The van der Waals surface area contributed by atoms with Crippen LogP contribution >= 0.6 is 11.6 Å². The van der Waals surface area contributed by atoms with Crippen molar-refractivity contribution in [3.63, 3.8) is 0 Å². The van der Waals surface area contributed by atoms with Crippen molar-refractivity contribution in [1.29, 1.82) is 0 Å². The summed E-state index contributed by atoms with van der Waals surface area (Å²) in [6, 6.07) is 6.66. The van der Waals surface area contributed by atoms with E-state index in [1.165, 1.54) is 0 Å². The lowest BCUT2D eigenvalue weighted by molar-refractivity contribution is -0.135. The molecule has 8 nitrogen and oxygen atoms in total. The quantitative estimate of drug-likeness (QED) is 0.589. The molecule has 142 valence electrons. The van der Waals surface area contributed by atoms with Crippen molar-refractivity contribution in [3.05, 3.63) is 59.3 Å². The molecule has 0 aliphatic carbocycles. The smallest absolute Gasteiger partial charge is 0.233 e. The van der Waals surface area contributed by atoms with Crippen molar-refractivity contribution in [2.45, 2.75) is 18.8 Å². The van der Waals surface area contributed by atoms with Crippen molar-refractivity contribution in [2.24, 2.45) is 0 Å². The van der Waals surface area contributed by atoms with Gasteiger partial charge >= 0.3 is 0 Å². The topological polar surface area (TPSA) is 102 Å². The Balaban J connectivity index is 1.27. The Hall–Kier alpha value is -3.13. The van der Waals surface area contributed by atoms with Gasteiger partial charge in [-0.3, -0.25) is 14.6 Å². The Labute approximate surface area is 165 Å². The van der Waals surface area contributed by atoms with E-state index in [9.17, 15) is 9.59 Å². The first-order chi connectivity index (χ1) is 13.6. The van der Waals surface area contributed by atoms with Crippen LogP contribution < -0.4 is 0 Å². The molecule has 3 heterocycles. The summed E-state index contributed by atoms with van der Waals surface area (Å²) in [7, 11) is 0. The summed E-state index contributed by atoms with van der Waals surface area (Å²) >= 11 is 5.82. The van der Waals surface area contributed by atoms with Crippen LogP contribution in [-0.4, -0.2) is 49.8 Å². The molecule has 1 aliphatic rings. The fraction of sp³-hybridized carbons (Fsp3) is 0.263. The summed E-state index contributed by atoms with van der Waals surface area (Å²) in [6.07, 6.45) is 5.02. The van der Waals surface area contributed by atoms with Gasteiger partial charge in [0.1, 0.15) is 5.69 Å². The minimum atomic E-state index is -0.0763. The maximum absolute atomic E-state index is 12.3. The molecule has 0 saturated carbocycles. The van der Waals surface area contributed by atoms with Crippen molar-refractivity contribution < 1.29 is 14.1 Å². The molecule has 0 N–H and O–H groups in total. The van der Waals surface area contributed by atoms with Crippen LogP contribution in [0.2, 0.25) is 5.02 Å². The van der Waals surface area contributed by atoms with Crippen LogP contribution in [0.5, 0.6) is 0 Å². The third-order valence-corrected chi connectivity index (χ3v) is 4.80. The van der Waals surface area contributed by atoms with E-state index in [1.807, 2.05) is 0 Å². The third-order valence-electron chi connectivity index (χ3n) is 4.55. The lowest BCUT2D eigenvalue weighted by Gasteiger charge is -2.37. The predicted molar refractivity (Wildman–Crippen MR) is 99.7 cm³/mol. The number of nitrogens with zero attached hydrogens (tertiary/aromatic N) is 5. The summed E-state index contributed by atoms with van der Waals surface area (Å²) in [5.74, 6) is 0.706. The van der Waals surface area contributed by atoms with E-state index in [0.717, 1.165) is 0 Å². The Morgan fingerprint density at radius 2 is 1.93 bits per heavy atom. The number of carbonyl (C=O) groups is 2. The summed E-state index contributed by atoms with van der Waals surface area (Å²) in [4.78, 5) is 38.6. The minimum absolute atomic E-state index is 0.00571. The molecule has 1 saturated heterocycles. The van der Waals surface area contributed by atoms with E-state index in [0.29, 0.717) is 41.1 Å². The van der Waals surface area contributed by atoms with Crippen LogP contribution in [0.25, 0.3) is 11.5 Å². The standard InChI is InChI=1S/C19H16ClN5O3/c20-14-3-1-12(2-4-14)16(26)5-6-17(27)25-10-13(11-25)19-23-18(24-28-19)15-9-21-7-8-22-15/h1-4,7-9,13H,5-6,10-11H2. The van der Waals surface area contributed by atoms with Crippen molar-refractivity contribution in [2.75, 3.05) is 13.1 Å². The van der Waals surface area contributed by atoms with Gasteiger partial charge in [0.05, 0.1) is 12.1 Å². The zero-order chi connectivity index (χ0) is 19.5. The van der Waals surface area contributed by atoms with Gasteiger partial charge in [-0.05, 0) is 24.3 Å². The van der Waals surface area contributed by atoms with Gasteiger partial charge < -0.3 is 9.42 Å². The first-order valence-electron chi connectivity index (χ1n) is 8.76. The number of likely N-dealkylation sites (tertiary alicyclic amines) is 1. The highest BCUT2D eigenvalue weighted by molar-refractivity contribution is 6.30. The van der Waals surface area contributed by atoms with Gasteiger partial charge in [0.25, 0.3) is 0 Å². The number of benzene rings is 1. The van der Waals surface area contributed by atoms with Gasteiger partial charge in [0.15, 0.2) is 5.78 Å². The highest BCUT2D eigenvalue weighted by Crippen LogP contribution is 2.28. The number of halogens is 1. The fourth-order valence-corrected chi connectivity index (χ4v) is 3.04. The Kier molecular flexibility index (Phi) is 5.12. The first-order valence-corrected chi connectivity index (χ1v) is 9.14. The van der Waals surface area contributed by atoms with Gasteiger partial charge in [-0.25, -0.2) is 4.98 Å². The molecular weight excluding hydrogens is 382 g/mol. The highest BCUT2D eigenvalue weighted by atomic mass is 35.5. The van der Waals surface area contributed by atoms with E-state index < -0.39 is 0 Å². The average molecular weight is 398 g/mol. The molecule has 28 heavy (non-hydrogen) atoms. The highest BCUT2D eigenvalue weighted by Gasteiger charge is 2.35. The molecule has 0 atom stereocenters. The van der Waals surface area contributed by atoms with Crippen LogP contribution in [0, 0.1) is 0 Å². The molecule has 0 radical (unpaired) electrons.